The topological polar surface area (TPSA) is 60.3 Å². The molecule has 1 aliphatic rings. The van der Waals surface area contributed by atoms with E-state index >= 15 is 0 Å². The summed E-state index contributed by atoms with van der Waals surface area (Å²) in [5.41, 5.74) is 5.62. The SMILES string of the molecule is C=Cc1ccnc2c1c(C1CN(C(=O)OC(C)(C)C)C1)nn2-c1ccc(C)cc1C. The van der Waals surface area contributed by atoms with Crippen molar-refractivity contribution in [3.8, 4) is 5.69 Å². The largest absolute Gasteiger partial charge is 0.444 e. The smallest absolute Gasteiger partial charge is 0.410 e. The number of nitrogens with zero attached hydrogens (tertiary/aromatic N) is 4. The highest BCUT2D eigenvalue weighted by molar-refractivity contribution is 5.89. The van der Waals surface area contributed by atoms with Crippen molar-refractivity contribution in [1.82, 2.24) is 19.7 Å². The van der Waals surface area contributed by atoms with Gasteiger partial charge in [-0.05, 0) is 57.9 Å². The maximum Gasteiger partial charge on any atom is 0.410 e. The summed E-state index contributed by atoms with van der Waals surface area (Å²) < 4.78 is 7.41. The Morgan fingerprint density at radius 2 is 1.97 bits per heavy atom. The minimum absolute atomic E-state index is 0.134. The van der Waals surface area contributed by atoms with E-state index in [2.05, 4.69) is 43.6 Å². The van der Waals surface area contributed by atoms with Crippen LogP contribution in [0.25, 0.3) is 22.8 Å². The molecule has 1 fully saturated rings. The Hall–Kier alpha value is -3.15. The van der Waals surface area contributed by atoms with Gasteiger partial charge in [-0.1, -0.05) is 30.4 Å². The van der Waals surface area contributed by atoms with Crippen LogP contribution < -0.4 is 0 Å². The van der Waals surface area contributed by atoms with Gasteiger partial charge < -0.3 is 9.64 Å². The second kappa shape index (κ2) is 7.27. The fraction of sp³-hybridized carbons (Fsp3) is 0.375. The van der Waals surface area contributed by atoms with Crippen LogP contribution >= 0.6 is 0 Å². The Morgan fingerprint density at radius 1 is 1.23 bits per heavy atom. The third kappa shape index (κ3) is 3.58. The Balaban J connectivity index is 1.73. The molecule has 1 amide bonds. The number of pyridine rings is 1. The number of aryl methyl sites for hydroxylation is 2. The highest BCUT2D eigenvalue weighted by Gasteiger charge is 2.37. The van der Waals surface area contributed by atoms with Crippen LogP contribution in [0.1, 0.15) is 49.1 Å². The Morgan fingerprint density at radius 3 is 2.60 bits per heavy atom. The summed E-state index contributed by atoms with van der Waals surface area (Å²) in [6.07, 6.45) is 3.35. The molecule has 1 saturated heterocycles. The zero-order chi connectivity index (χ0) is 21.6. The molecule has 0 unspecified atom stereocenters. The van der Waals surface area contributed by atoms with Crippen LogP contribution in [0.2, 0.25) is 0 Å². The van der Waals surface area contributed by atoms with E-state index in [0.29, 0.717) is 13.1 Å². The van der Waals surface area contributed by atoms with Gasteiger partial charge in [0.15, 0.2) is 5.65 Å². The van der Waals surface area contributed by atoms with Gasteiger partial charge in [0.25, 0.3) is 0 Å². The lowest BCUT2D eigenvalue weighted by molar-refractivity contribution is 0.00795. The molecule has 2 aromatic heterocycles. The van der Waals surface area contributed by atoms with Crippen LogP contribution in [0, 0.1) is 13.8 Å². The maximum absolute atomic E-state index is 12.4. The number of aromatic nitrogens is 3. The third-order valence-corrected chi connectivity index (χ3v) is 5.35. The summed E-state index contributed by atoms with van der Waals surface area (Å²) in [5, 5.41) is 5.98. The van der Waals surface area contributed by atoms with E-state index in [1.54, 1.807) is 11.1 Å². The highest BCUT2D eigenvalue weighted by Crippen LogP contribution is 2.35. The van der Waals surface area contributed by atoms with Crippen molar-refractivity contribution >= 4 is 23.2 Å². The lowest BCUT2D eigenvalue weighted by atomic mass is 9.93. The van der Waals surface area contributed by atoms with E-state index in [9.17, 15) is 4.79 Å². The highest BCUT2D eigenvalue weighted by atomic mass is 16.6. The number of fused-ring (bicyclic) bond motifs is 1. The summed E-state index contributed by atoms with van der Waals surface area (Å²) in [6.45, 7) is 14.9. The fourth-order valence-electron chi connectivity index (χ4n) is 3.89. The summed E-state index contributed by atoms with van der Waals surface area (Å²) in [7, 11) is 0. The van der Waals surface area contributed by atoms with Crippen molar-refractivity contribution in [3.05, 3.63) is 59.4 Å². The van der Waals surface area contributed by atoms with Gasteiger partial charge in [0.2, 0.25) is 0 Å². The first-order valence-corrected chi connectivity index (χ1v) is 10.2. The molecule has 6 heteroatoms. The molecule has 3 aromatic rings. The van der Waals surface area contributed by atoms with Gasteiger partial charge >= 0.3 is 6.09 Å². The van der Waals surface area contributed by atoms with Crippen molar-refractivity contribution in [2.45, 2.75) is 46.1 Å². The van der Waals surface area contributed by atoms with Crippen molar-refractivity contribution in [2.75, 3.05) is 13.1 Å². The zero-order valence-electron chi connectivity index (χ0n) is 18.3. The molecule has 0 aliphatic carbocycles. The normalized spacial score (nSPS) is 14.6. The Kier molecular flexibility index (Phi) is 4.88. The van der Waals surface area contributed by atoms with Crippen LogP contribution in [-0.2, 0) is 4.74 Å². The number of hydrogen-bond acceptors (Lipinski definition) is 4. The average Bonchev–Trinajstić information content (AvgIpc) is 2.98. The molecule has 4 rings (SSSR count). The molecule has 6 nitrogen and oxygen atoms in total. The van der Waals surface area contributed by atoms with Crippen LogP contribution in [0.5, 0.6) is 0 Å². The van der Waals surface area contributed by atoms with Crippen molar-refractivity contribution in [2.24, 2.45) is 0 Å². The number of carbonyl (C=O) groups is 1. The van der Waals surface area contributed by atoms with E-state index in [-0.39, 0.29) is 12.0 Å². The van der Waals surface area contributed by atoms with Crippen molar-refractivity contribution in [3.63, 3.8) is 0 Å². The molecule has 1 aliphatic heterocycles. The van der Waals surface area contributed by atoms with E-state index in [1.807, 2.05) is 37.6 Å². The molecule has 0 N–H and O–H groups in total. The summed E-state index contributed by atoms with van der Waals surface area (Å²) >= 11 is 0. The van der Waals surface area contributed by atoms with Gasteiger partial charge in [-0.3, -0.25) is 0 Å². The summed E-state index contributed by atoms with van der Waals surface area (Å²) in [6, 6.07) is 8.27. The minimum atomic E-state index is -0.501. The number of amides is 1. The van der Waals surface area contributed by atoms with Gasteiger partial charge in [-0.25, -0.2) is 14.5 Å². The average molecular weight is 405 g/mol. The van der Waals surface area contributed by atoms with Crippen molar-refractivity contribution in [1.29, 1.82) is 0 Å². The van der Waals surface area contributed by atoms with Gasteiger partial charge in [-0.15, -0.1) is 0 Å². The van der Waals surface area contributed by atoms with Crippen LogP contribution in [0.4, 0.5) is 4.79 Å². The maximum atomic E-state index is 12.4. The number of ether oxygens (including phenoxy) is 1. The van der Waals surface area contributed by atoms with E-state index < -0.39 is 5.60 Å². The van der Waals surface area contributed by atoms with Crippen LogP contribution in [-0.4, -0.2) is 44.4 Å². The molecular weight excluding hydrogens is 376 g/mol. The number of likely N-dealkylation sites (tertiary alicyclic amines) is 1. The number of carbonyl (C=O) groups excluding carboxylic acids is 1. The van der Waals surface area contributed by atoms with E-state index in [0.717, 1.165) is 33.5 Å². The van der Waals surface area contributed by atoms with E-state index in [1.165, 1.54) is 5.56 Å². The first-order chi connectivity index (χ1) is 14.2. The number of rotatable bonds is 3. The zero-order valence-corrected chi connectivity index (χ0v) is 18.3. The van der Waals surface area contributed by atoms with Gasteiger partial charge in [0.1, 0.15) is 5.60 Å². The molecule has 156 valence electrons. The molecule has 0 atom stereocenters. The monoisotopic (exact) mass is 404 g/mol. The van der Waals surface area contributed by atoms with Crippen molar-refractivity contribution < 1.29 is 9.53 Å². The fourth-order valence-corrected chi connectivity index (χ4v) is 3.89. The predicted molar refractivity (Wildman–Crippen MR) is 119 cm³/mol. The predicted octanol–water partition coefficient (Wildman–Crippen LogP) is 5.01. The lowest BCUT2D eigenvalue weighted by Crippen LogP contribution is -2.50. The molecule has 3 heterocycles. The lowest BCUT2D eigenvalue weighted by Gasteiger charge is -2.39. The Labute approximate surface area is 177 Å². The molecule has 1 aromatic carbocycles. The third-order valence-electron chi connectivity index (χ3n) is 5.35. The summed E-state index contributed by atoms with van der Waals surface area (Å²) in [5.74, 6) is 0.134. The molecule has 30 heavy (non-hydrogen) atoms. The van der Waals surface area contributed by atoms with Crippen LogP contribution in [0.15, 0.2) is 37.0 Å². The number of benzene rings is 1. The number of hydrogen-bond donors (Lipinski definition) is 0. The molecule has 0 saturated carbocycles. The second-order valence-electron chi connectivity index (χ2n) is 8.97. The first-order valence-electron chi connectivity index (χ1n) is 10.2. The molecule has 0 spiro atoms. The summed E-state index contributed by atoms with van der Waals surface area (Å²) in [4.78, 5) is 18.7. The van der Waals surface area contributed by atoms with Gasteiger partial charge in [0.05, 0.1) is 16.8 Å². The van der Waals surface area contributed by atoms with E-state index in [4.69, 9.17) is 9.84 Å². The quantitative estimate of drug-likeness (QED) is 0.615. The molecular formula is C24H28N4O2. The van der Waals surface area contributed by atoms with Crippen LogP contribution in [0.3, 0.4) is 0 Å². The van der Waals surface area contributed by atoms with Gasteiger partial charge in [0, 0.05) is 25.2 Å². The Bertz CT molecular complexity index is 1130. The second-order valence-corrected chi connectivity index (χ2v) is 8.97. The standard InChI is InChI=1S/C24H28N4O2/c1-7-17-10-11-25-22-20(17)21(18-13-27(14-18)23(29)30-24(4,5)6)26-28(22)19-9-8-15(2)12-16(19)3/h7-12,18H,1,13-14H2,2-6H3. The molecule has 0 radical (unpaired) electrons. The first kappa shape index (κ1) is 20.1. The molecule has 0 bridgehead atoms. The minimum Gasteiger partial charge on any atom is -0.444 e. The van der Waals surface area contributed by atoms with Gasteiger partial charge in [-0.2, -0.15) is 5.10 Å².